The van der Waals surface area contributed by atoms with E-state index in [4.69, 9.17) is 5.26 Å². The van der Waals surface area contributed by atoms with Gasteiger partial charge in [-0.2, -0.15) is 0 Å². The zero-order valence-electron chi connectivity index (χ0n) is 7.29. The number of amides is 2. The van der Waals surface area contributed by atoms with Crippen LogP contribution in [0.2, 0.25) is 0 Å². The standard InChI is InChI=1S/C9H9NO4/c11-8-6-4-1-2-5(3-4)7(6)9(12)10(8)14-13/h1-2,4-7,13H,3H2. The largest absolute Gasteiger partial charge is 0.272 e. The van der Waals surface area contributed by atoms with E-state index in [-0.39, 0.29) is 23.7 Å². The van der Waals surface area contributed by atoms with Crippen molar-refractivity contribution in [3.8, 4) is 0 Å². The molecule has 2 fully saturated rings. The van der Waals surface area contributed by atoms with Gasteiger partial charge in [-0.3, -0.25) is 9.59 Å². The molecule has 0 aromatic carbocycles. The van der Waals surface area contributed by atoms with Gasteiger partial charge < -0.3 is 0 Å². The predicted molar refractivity (Wildman–Crippen MR) is 43.3 cm³/mol. The van der Waals surface area contributed by atoms with Crippen LogP contribution in [0.15, 0.2) is 12.2 Å². The lowest BCUT2D eigenvalue weighted by atomic mass is 9.85. The fraction of sp³-hybridized carbons (Fsp3) is 0.556. The first-order chi connectivity index (χ1) is 6.74. The molecule has 0 aromatic rings. The zero-order chi connectivity index (χ0) is 9.87. The predicted octanol–water partition coefficient (Wildman–Crippen LogP) is 0.198. The average molecular weight is 195 g/mol. The minimum Gasteiger partial charge on any atom is -0.272 e. The molecule has 1 aliphatic heterocycles. The third-order valence-electron chi connectivity index (χ3n) is 3.51. The Morgan fingerprint density at radius 3 is 2.14 bits per heavy atom. The van der Waals surface area contributed by atoms with Crippen LogP contribution in [0.5, 0.6) is 0 Å². The van der Waals surface area contributed by atoms with Crippen LogP contribution >= 0.6 is 0 Å². The Morgan fingerprint density at radius 2 is 1.71 bits per heavy atom. The van der Waals surface area contributed by atoms with Crippen molar-refractivity contribution in [2.45, 2.75) is 6.42 Å². The van der Waals surface area contributed by atoms with Gasteiger partial charge in [0.1, 0.15) is 0 Å². The summed E-state index contributed by atoms with van der Waals surface area (Å²) in [6.45, 7) is 0. The highest BCUT2D eigenvalue weighted by atomic mass is 17.2. The molecule has 5 nitrogen and oxygen atoms in total. The van der Waals surface area contributed by atoms with Crippen molar-refractivity contribution < 1.29 is 19.8 Å². The van der Waals surface area contributed by atoms with Crippen LogP contribution in [0.3, 0.4) is 0 Å². The van der Waals surface area contributed by atoms with Crippen molar-refractivity contribution >= 4 is 11.8 Å². The van der Waals surface area contributed by atoms with Crippen LogP contribution in [0.25, 0.3) is 0 Å². The van der Waals surface area contributed by atoms with Crippen molar-refractivity contribution in [1.29, 1.82) is 0 Å². The molecule has 1 N–H and O–H groups in total. The average Bonchev–Trinajstić information content (AvgIpc) is 2.80. The lowest BCUT2D eigenvalue weighted by Crippen LogP contribution is -2.31. The van der Waals surface area contributed by atoms with Gasteiger partial charge in [0, 0.05) is 0 Å². The fourth-order valence-electron chi connectivity index (χ4n) is 2.96. The SMILES string of the molecule is O=C1C2C3C=CC(C3)C2C(=O)N1OO. The van der Waals surface area contributed by atoms with Gasteiger partial charge in [0.05, 0.1) is 11.8 Å². The summed E-state index contributed by atoms with van der Waals surface area (Å²) in [6, 6.07) is 0. The summed E-state index contributed by atoms with van der Waals surface area (Å²) >= 11 is 0. The molecule has 2 aliphatic carbocycles. The van der Waals surface area contributed by atoms with E-state index in [1.165, 1.54) is 0 Å². The number of carbonyl (C=O) groups excluding carboxylic acids is 2. The van der Waals surface area contributed by atoms with Crippen molar-refractivity contribution in [3.05, 3.63) is 12.2 Å². The molecule has 4 unspecified atom stereocenters. The molecule has 14 heavy (non-hydrogen) atoms. The minimum absolute atomic E-state index is 0.154. The molecule has 0 spiro atoms. The lowest BCUT2D eigenvalue weighted by molar-refractivity contribution is -0.361. The Morgan fingerprint density at radius 1 is 1.21 bits per heavy atom. The topological polar surface area (TPSA) is 66.8 Å². The summed E-state index contributed by atoms with van der Waals surface area (Å²) < 4.78 is 0. The van der Waals surface area contributed by atoms with E-state index >= 15 is 0 Å². The van der Waals surface area contributed by atoms with E-state index in [0.717, 1.165) is 6.42 Å². The van der Waals surface area contributed by atoms with Gasteiger partial charge in [0.25, 0.3) is 11.8 Å². The Kier molecular flexibility index (Phi) is 1.41. The molecule has 3 aliphatic rings. The first-order valence-electron chi connectivity index (χ1n) is 4.61. The summed E-state index contributed by atoms with van der Waals surface area (Å²) in [6.07, 6.45) is 4.85. The van der Waals surface area contributed by atoms with E-state index < -0.39 is 11.8 Å². The maximum Gasteiger partial charge on any atom is 0.260 e. The van der Waals surface area contributed by atoms with Crippen LogP contribution < -0.4 is 0 Å². The third-order valence-corrected chi connectivity index (χ3v) is 3.51. The Balaban J connectivity index is 2.02. The molecular weight excluding hydrogens is 186 g/mol. The molecule has 5 heteroatoms. The van der Waals surface area contributed by atoms with Gasteiger partial charge in [0.2, 0.25) is 0 Å². The van der Waals surface area contributed by atoms with Crippen LogP contribution in [-0.2, 0) is 14.6 Å². The highest BCUT2D eigenvalue weighted by Gasteiger charge is 2.60. The molecular formula is C9H9NO4. The second-order valence-electron chi connectivity index (χ2n) is 4.05. The maximum absolute atomic E-state index is 11.6. The van der Waals surface area contributed by atoms with Gasteiger partial charge in [-0.1, -0.05) is 12.2 Å². The van der Waals surface area contributed by atoms with Crippen molar-refractivity contribution in [2.24, 2.45) is 23.7 Å². The number of hydrogen-bond acceptors (Lipinski definition) is 4. The van der Waals surface area contributed by atoms with E-state index in [1.807, 2.05) is 12.2 Å². The molecule has 1 saturated heterocycles. The first-order valence-corrected chi connectivity index (χ1v) is 4.61. The smallest absolute Gasteiger partial charge is 0.260 e. The zero-order valence-corrected chi connectivity index (χ0v) is 7.29. The normalized spacial score (nSPS) is 43.9. The van der Waals surface area contributed by atoms with E-state index in [0.29, 0.717) is 5.06 Å². The Labute approximate surface area is 79.8 Å². The van der Waals surface area contributed by atoms with Crippen LogP contribution in [0, 0.1) is 23.7 Å². The molecule has 0 aromatic heterocycles. The molecule has 74 valence electrons. The van der Waals surface area contributed by atoms with E-state index in [1.54, 1.807) is 0 Å². The summed E-state index contributed by atoms with van der Waals surface area (Å²) in [5.74, 6) is -1.10. The fourth-order valence-corrected chi connectivity index (χ4v) is 2.96. The maximum atomic E-state index is 11.6. The van der Waals surface area contributed by atoms with Gasteiger partial charge >= 0.3 is 0 Å². The molecule has 1 heterocycles. The number of carbonyl (C=O) groups is 2. The van der Waals surface area contributed by atoms with Gasteiger partial charge in [-0.25, -0.2) is 5.26 Å². The summed E-state index contributed by atoms with van der Waals surface area (Å²) in [4.78, 5) is 27.0. The molecule has 2 amide bonds. The summed E-state index contributed by atoms with van der Waals surface area (Å²) in [5.41, 5.74) is 0. The van der Waals surface area contributed by atoms with Gasteiger partial charge in [0.15, 0.2) is 0 Å². The third kappa shape index (κ3) is 0.726. The van der Waals surface area contributed by atoms with Crippen LogP contribution in [0.1, 0.15) is 6.42 Å². The number of nitrogens with zero attached hydrogens (tertiary/aromatic N) is 1. The second kappa shape index (κ2) is 2.43. The number of rotatable bonds is 1. The van der Waals surface area contributed by atoms with E-state index in [2.05, 4.69) is 4.99 Å². The number of allylic oxidation sites excluding steroid dienone is 2. The molecule has 1 saturated carbocycles. The second-order valence-corrected chi connectivity index (χ2v) is 4.05. The van der Waals surface area contributed by atoms with E-state index in [9.17, 15) is 9.59 Å². The molecule has 4 atom stereocenters. The van der Waals surface area contributed by atoms with Crippen molar-refractivity contribution in [1.82, 2.24) is 5.06 Å². The van der Waals surface area contributed by atoms with Gasteiger partial charge in [-0.15, -0.1) is 10.1 Å². The molecule has 0 radical (unpaired) electrons. The van der Waals surface area contributed by atoms with Crippen LogP contribution in [0.4, 0.5) is 0 Å². The molecule has 2 bridgehead atoms. The minimum atomic E-state index is -0.403. The van der Waals surface area contributed by atoms with Gasteiger partial charge in [-0.05, 0) is 18.3 Å². The van der Waals surface area contributed by atoms with Crippen LogP contribution in [-0.4, -0.2) is 22.1 Å². The lowest BCUT2D eigenvalue weighted by Gasteiger charge is -2.13. The molecule has 3 rings (SSSR count). The number of fused-ring (bicyclic) bond motifs is 5. The first kappa shape index (κ1) is 8.14. The number of imide groups is 1. The highest BCUT2D eigenvalue weighted by molar-refractivity contribution is 6.05. The summed E-state index contributed by atoms with van der Waals surface area (Å²) in [5, 5.41) is 8.91. The Hall–Kier alpha value is -1.20. The van der Waals surface area contributed by atoms with Crippen molar-refractivity contribution in [3.63, 3.8) is 0 Å². The quantitative estimate of drug-likeness (QED) is 0.281. The number of hydrogen-bond donors (Lipinski definition) is 1. The highest BCUT2D eigenvalue weighted by Crippen LogP contribution is 2.52. The summed E-state index contributed by atoms with van der Waals surface area (Å²) in [7, 11) is 0. The Bertz CT molecular complexity index is 321. The monoisotopic (exact) mass is 195 g/mol. The van der Waals surface area contributed by atoms with Crippen molar-refractivity contribution in [2.75, 3.05) is 0 Å². The number of hydroxylamine groups is 2.